The van der Waals surface area contributed by atoms with Gasteiger partial charge in [0.05, 0.1) is 5.25 Å². The molecule has 0 aliphatic carbocycles. The van der Waals surface area contributed by atoms with Gasteiger partial charge in [0, 0.05) is 6.54 Å². The average Bonchev–Trinajstić information content (AvgIpc) is 2.71. The molecule has 1 heterocycles. The minimum atomic E-state index is -3.51. The zero-order valence-corrected chi connectivity index (χ0v) is 8.93. The van der Waals surface area contributed by atoms with Crippen LogP contribution in [0.15, 0.2) is 29.2 Å². The second-order valence-corrected chi connectivity index (χ2v) is 5.79. The van der Waals surface area contributed by atoms with Gasteiger partial charge in [0.2, 0.25) is 0 Å². The predicted molar refractivity (Wildman–Crippen MR) is 54.9 cm³/mol. The molecule has 0 amide bonds. The van der Waals surface area contributed by atoms with Crippen LogP contribution >= 0.6 is 0 Å². The normalized spacial score (nSPS) is 21.8. The maximum Gasteiger partial charge on any atom is 0.185 e. The largest absolute Gasteiger partial charge is 0.315 e. The first-order valence-electron chi connectivity index (χ1n) is 4.81. The number of sulfone groups is 1. The molecule has 5 heteroatoms. The van der Waals surface area contributed by atoms with Gasteiger partial charge in [-0.05, 0) is 25.1 Å². The van der Waals surface area contributed by atoms with E-state index in [0.717, 1.165) is 0 Å². The summed E-state index contributed by atoms with van der Waals surface area (Å²) in [7, 11) is -3.51. The van der Waals surface area contributed by atoms with Gasteiger partial charge in [-0.25, -0.2) is 12.8 Å². The number of nitrogens with one attached hydrogen (secondary N) is 1. The monoisotopic (exact) mass is 229 g/mol. The fraction of sp³-hybridized carbons (Fsp3) is 0.400. The van der Waals surface area contributed by atoms with Gasteiger partial charge < -0.3 is 5.32 Å². The Kier molecular flexibility index (Phi) is 2.75. The Hall–Kier alpha value is -0.940. The smallest absolute Gasteiger partial charge is 0.185 e. The highest BCUT2D eigenvalue weighted by Crippen LogP contribution is 2.22. The molecule has 0 saturated carbocycles. The van der Waals surface area contributed by atoms with Crippen LogP contribution in [0.3, 0.4) is 0 Å². The van der Waals surface area contributed by atoms with Crippen molar-refractivity contribution < 1.29 is 12.8 Å². The SMILES string of the molecule is O=S(=O)(c1ccccc1F)[C@@H]1CCNC1. The first-order chi connectivity index (χ1) is 7.12. The summed E-state index contributed by atoms with van der Waals surface area (Å²) in [5, 5.41) is 2.47. The Balaban J connectivity index is 2.41. The molecule has 0 radical (unpaired) electrons. The van der Waals surface area contributed by atoms with E-state index >= 15 is 0 Å². The predicted octanol–water partition coefficient (Wildman–Crippen LogP) is 0.961. The average molecular weight is 229 g/mol. The molecular weight excluding hydrogens is 217 g/mol. The van der Waals surface area contributed by atoms with Gasteiger partial charge in [0.15, 0.2) is 9.84 Å². The summed E-state index contributed by atoms with van der Waals surface area (Å²) in [5.74, 6) is -0.663. The van der Waals surface area contributed by atoms with Crippen LogP contribution in [0.25, 0.3) is 0 Å². The van der Waals surface area contributed by atoms with E-state index in [1.54, 1.807) is 6.07 Å². The van der Waals surface area contributed by atoms with E-state index in [-0.39, 0.29) is 4.90 Å². The fourth-order valence-electron chi connectivity index (χ4n) is 1.75. The maximum absolute atomic E-state index is 13.3. The number of rotatable bonds is 2. The second-order valence-electron chi connectivity index (χ2n) is 3.59. The molecule has 1 aliphatic heterocycles. The molecule has 1 aliphatic rings. The van der Waals surface area contributed by atoms with Crippen LogP contribution in [0.5, 0.6) is 0 Å². The Bertz CT molecular complexity index is 452. The highest BCUT2D eigenvalue weighted by atomic mass is 32.2. The van der Waals surface area contributed by atoms with Crippen molar-refractivity contribution in [2.24, 2.45) is 0 Å². The van der Waals surface area contributed by atoms with Gasteiger partial charge in [0.1, 0.15) is 10.7 Å². The lowest BCUT2D eigenvalue weighted by atomic mass is 10.3. The third-order valence-corrected chi connectivity index (χ3v) is 4.82. The van der Waals surface area contributed by atoms with E-state index in [1.165, 1.54) is 18.2 Å². The zero-order chi connectivity index (χ0) is 10.9. The highest BCUT2D eigenvalue weighted by molar-refractivity contribution is 7.92. The van der Waals surface area contributed by atoms with E-state index in [1.807, 2.05) is 0 Å². The number of halogens is 1. The minimum Gasteiger partial charge on any atom is -0.315 e. The van der Waals surface area contributed by atoms with Crippen molar-refractivity contribution in [2.45, 2.75) is 16.6 Å². The second kappa shape index (κ2) is 3.90. The molecule has 2 rings (SSSR count). The van der Waals surface area contributed by atoms with E-state index in [2.05, 4.69) is 5.32 Å². The van der Waals surface area contributed by atoms with Gasteiger partial charge in [-0.3, -0.25) is 0 Å². The lowest BCUT2D eigenvalue weighted by molar-refractivity contribution is 0.558. The zero-order valence-electron chi connectivity index (χ0n) is 8.11. The lowest BCUT2D eigenvalue weighted by Gasteiger charge is -2.10. The van der Waals surface area contributed by atoms with Crippen molar-refractivity contribution >= 4 is 9.84 Å². The van der Waals surface area contributed by atoms with Gasteiger partial charge in [-0.1, -0.05) is 12.1 Å². The molecule has 1 aromatic carbocycles. The number of benzene rings is 1. The first-order valence-corrected chi connectivity index (χ1v) is 6.36. The molecule has 1 atom stereocenters. The third-order valence-electron chi connectivity index (χ3n) is 2.60. The van der Waals surface area contributed by atoms with E-state index in [0.29, 0.717) is 19.5 Å². The molecule has 1 saturated heterocycles. The molecule has 82 valence electrons. The van der Waals surface area contributed by atoms with Crippen molar-refractivity contribution in [3.63, 3.8) is 0 Å². The van der Waals surface area contributed by atoms with Crippen LogP contribution in [-0.4, -0.2) is 26.8 Å². The van der Waals surface area contributed by atoms with Crippen molar-refractivity contribution in [1.29, 1.82) is 0 Å². The van der Waals surface area contributed by atoms with E-state index < -0.39 is 20.9 Å². The summed E-state index contributed by atoms with van der Waals surface area (Å²) in [4.78, 5) is -0.182. The van der Waals surface area contributed by atoms with Crippen molar-refractivity contribution in [1.82, 2.24) is 5.32 Å². The first kappa shape index (κ1) is 10.6. The molecule has 1 aromatic rings. The van der Waals surface area contributed by atoms with Crippen LogP contribution in [-0.2, 0) is 9.84 Å². The molecule has 1 fully saturated rings. The van der Waals surface area contributed by atoms with Crippen molar-refractivity contribution in [3.8, 4) is 0 Å². The van der Waals surface area contributed by atoms with Crippen molar-refractivity contribution in [3.05, 3.63) is 30.1 Å². The standard InChI is InChI=1S/C10H12FNO2S/c11-9-3-1-2-4-10(9)15(13,14)8-5-6-12-7-8/h1-4,8,12H,5-7H2/t8-/m1/s1. The molecule has 15 heavy (non-hydrogen) atoms. The Labute approximate surface area is 88.2 Å². The Morgan fingerprint density at radius 1 is 1.33 bits per heavy atom. The summed E-state index contributed by atoms with van der Waals surface area (Å²) in [6, 6.07) is 5.53. The minimum absolute atomic E-state index is 0.182. The molecular formula is C10H12FNO2S. The van der Waals surface area contributed by atoms with Crippen LogP contribution in [0, 0.1) is 5.82 Å². The van der Waals surface area contributed by atoms with Gasteiger partial charge >= 0.3 is 0 Å². The van der Waals surface area contributed by atoms with Crippen LogP contribution in [0.4, 0.5) is 4.39 Å². The van der Waals surface area contributed by atoms with Gasteiger partial charge in [-0.2, -0.15) is 0 Å². The molecule has 0 unspecified atom stereocenters. The topological polar surface area (TPSA) is 46.2 Å². The molecule has 0 aromatic heterocycles. The Morgan fingerprint density at radius 2 is 2.07 bits per heavy atom. The summed E-state index contributed by atoms with van der Waals surface area (Å²) in [6.07, 6.45) is 0.552. The van der Waals surface area contributed by atoms with Crippen LogP contribution in [0.1, 0.15) is 6.42 Å². The molecule has 0 bridgehead atoms. The number of hydrogen-bond acceptors (Lipinski definition) is 3. The molecule has 1 N–H and O–H groups in total. The number of hydrogen-bond donors (Lipinski definition) is 1. The van der Waals surface area contributed by atoms with E-state index in [9.17, 15) is 12.8 Å². The van der Waals surface area contributed by atoms with Gasteiger partial charge in [-0.15, -0.1) is 0 Å². The lowest BCUT2D eigenvalue weighted by Crippen LogP contribution is -2.24. The van der Waals surface area contributed by atoms with Crippen molar-refractivity contribution in [2.75, 3.05) is 13.1 Å². The summed E-state index contributed by atoms with van der Waals surface area (Å²) in [6.45, 7) is 1.09. The van der Waals surface area contributed by atoms with Crippen LogP contribution in [0.2, 0.25) is 0 Å². The third kappa shape index (κ3) is 1.89. The summed E-state index contributed by atoms with van der Waals surface area (Å²) >= 11 is 0. The molecule has 0 spiro atoms. The fourth-order valence-corrected chi connectivity index (χ4v) is 3.48. The molecule has 3 nitrogen and oxygen atoms in total. The van der Waals surface area contributed by atoms with Crippen LogP contribution < -0.4 is 5.32 Å². The maximum atomic E-state index is 13.3. The Morgan fingerprint density at radius 3 is 2.67 bits per heavy atom. The summed E-state index contributed by atoms with van der Waals surface area (Å²) < 4.78 is 37.3. The van der Waals surface area contributed by atoms with E-state index in [4.69, 9.17) is 0 Å². The van der Waals surface area contributed by atoms with Gasteiger partial charge in [0.25, 0.3) is 0 Å². The quantitative estimate of drug-likeness (QED) is 0.821. The summed E-state index contributed by atoms with van der Waals surface area (Å²) in [5.41, 5.74) is 0. The highest BCUT2D eigenvalue weighted by Gasteiger charge is 2.31.